The number of aryl methyl sites for hydroxylation is 1. The number of hydrogen-bond donors (Lipinski definition) is 1. The van der Waals surface area contributed by atoms with Gasteiger partial charge in [0.05, 0.1) is 5.92 Å². The fraction of sp³-hybridized carbons (Fsp3) is 0.231. The molecule has 0 bridgehead atoms. The molecule has 5 rings (SSSR count). The Hall–Kier alpha value is -3.44. The Morgan fingerprint density at radius 3 is 2.61 bits per heavy atom. The van der Waals surface area contributed by atoms with Crippen LogP contribution in [0, 0.1) is 12.8 Å². The van der Waals surface area contributed by atoms with Crippen molar-refractivity contribution in [2.45, 2.75) is 19.9 Å². The SMILES string of the molecule is Cc1nc(-c2cc3cc(Cc4ccccc4)ccc3o2)ccc1CN1CC(C(=O)O)C1. The van der Waals surface area contributed by atoms with Crippen molar-refractivity contribution in [3.63, 3.8) is 0 Å². The second-order valence-corrected chi connectivity index (χ2v) is 8.32. The average Bonchev–Trinajstić information content (AvgIpc) is 3.15. The summed E-state index contributed by atoms with van der Waals surface area (Å²) in [5.74, 6) is -0.190. The highest BCUT2D eigenvalue weighted by atomic mass is 16.4. The lowest BCUT2D eigenvalue weighted by molar-refractivity contribution is -0.147. The number of carbonyl (C=O) groups is 1. The molecule has 0 spiro atoms. The molecular formula is C26H24N2O3. The highest BCUT2D eigenvalue weighted by molar-refractivity contribution is 5.83. The smallest absolute Gasteiger partial charge is 0.309 e. The zero-order valence-electron chi connectivity index (χ0n) is 17.4. The summed E-state index contributed by atoms with van der Waals surface area (Å²) in [6, 6.07) is 22.9. The topological polar surface area (TPSA) is 66.6 Å². The molecule has 1 aliphatic heterocycles. The molecule has 31 heavy (non-hydrogen) atoms. The van der Waals surface area contributed by atoms with Crippen LogP contribution in [0.4, 0.5) is 0 Å². The Kier molecular flexibility index (Phi) is 5.04. The molecule has 2 aromatic carbocycles. The summed E-state index contributed by atoms with van der Waals surface area (Å²) in [5, 5.41) is 10.1. The molecule has 1 fully saturated rings. The molecule has 0 saturated carbocycles. The van der Waals surface area contributed by atoms with E-state index < -0.39 is 5.97 Å². The number of likely N-dealkylation sites (tertiary alicyclic amines) is 1. The van der Waals surface area contributed by atoms with Crippen LogP contribution in [0.25, 0.3) is 22.4 Å². The monoisotopic (exact) mass is 412 g/mol. The number of aliphatic carboxylic acids is 1. The summed E-state index contributed by atoms with van der Waals surface area (Å²) in [4.78, 5) is 17.9. The molecule has 1 saturated heterocycles. The van der Waals surface area contributed by atoms with Crippen LogP contribution in [0.15, 0.2) is 71.1 Å². The van der Waals surface area contributed by atoms with Gasteiger partial charge in [0.15, 0.2) is 5.76 Å². The van der Waals surface area contributed by atoms with Gasteiger partial charge in [-0.25, -0.2) is 4.98 Å². The van der Waals surface area contributed by atoms with Gasteiger partial charge in [-0.3, -0.25) is 9.69 Å². The standard InChI is InChI=1S/C26H24N2O3/c1-17-20(14-28-15-22(16-28)26(29)30)8-9-23(27-17)25-13-21-12-19(7-10-24(21)31-25)11-18-5-3-2-4-6-18/h2-10,12-13,22H,11,14-16H2,1H3,(H,29,30). The van der Waals surface area contributed by atoms with E-state index >= 15 is 0 Å². The van der Waals surface area contributed by atoms with Crippen molar-refractivity contribution in [2.75, 3.05) is 13.1 Å². The predicted molar refractivity (Wildman–Crippen MR) is 120 cm³/mol. The van der Waals surface area contributed by atoms with Gasteiger partial charge in [-0.05, 0) is 54.3 Å². The van der Waals surface area contributed by atoms with E-state index in [1.807, 2.05) is 25.1 Å². The van der Waals surface area contributed by atoms with Gasteiger partial charge >= 0.3 is 5.97 Å². The number of fused-ring (bicyclic) bond motifs is 1. The third-order valence-corrected chi connectivity index (χ3v) is 5.98. The molecule has 2 aromatic heterocycles. The van der Waals surface area contributed by atoms with Crippen molar-refractivity contribution in [3.05, 3.63) is 89.1 Å². The molecule has 1 N–H and O–H groups in total. The molecule has 5 heteroatoms. The summed E-state index contributed by atoms with van der Waals surface area (Å²) < 4.78 is 6.07. The quantitative estimate of drug-likeness (QED) is 0.487. The van der Waals surface area contributed by atoms with Crippen molar-refractivity contribution in [3.8, 4) is 11.5 Å². The van der Waals surface area contributed by atoms with Gasteiger partial charge in [-0.2, -0.15) is 0 Å². The van der Waals surface area contributed by atoms with E-state index in [4.69, 9.17) is 14.5 Å². The van der Waals surface area contributed by atoms with E-state index in [-0.39, 0.29) is 5.92 Å². The highest BCUT2D eigenvalue weighted by Gasteiger charge is 2.32. The first-order valence-corrected chi connectivity index (χ1v) is 10.5. The Morgan fingerprint density at radius 1 is 1.06 bits per heavy atom. The minimum absolute atomic E-state index is 0.241. The molecular weight excluding hydrogens is 388 g/mol. The minimum atomic E-state index is -0.710. The third-order valence-electron chi connectivity index (χ3n) is 5.98. The maximum Gasteiger partial charge on any atom is 0.309 e. The van der Waals surface area contributed by atoms with Gasteiger partial charge in [-0.15, -0.1) is 0 Å². The molecule has 0 aliphatic carbocycles. The number of pyridine rings is 1. The van der Waals surface area contributed by atoms with Crippen LogP contribution in [-0.2, 0) is 17.8 Å². The largest absolute Gasteiger partial charge is 0.481 e. The summed E-state index contributed by atoms with van der Waals surface area (Å²) in [6.07, 6.45) is 0.891. The lowest BCUT2D eigenvalue weighted by atomic mass is 9.99. The normalized spacial score (nSPS) is 14.6. The lowest BCUT2D eigenvalue weighted by Crippen LogP contribution is -2.49. The van der Waals surface area contributed by atoms with Gasteiger partial charge in [0.1, 0.15) is 11.3 Å². The van der Waals surface area contributed by atoms with Crippen LogP contribution in [0.3, 0.4) is 0 Å². The average molecular weight is 412 g/mol. The van der Waals surface area contributed by atoms with E-state index in [9.17, 15) is 4.79 Å². The molecule has 0 unspecified atom stereocenters. The van der Waals surface area contributed by atoms with Crippen LogP contribution in [0.5, 0.6) is 0 Å². The number of aromatic nitrogens is 1. The van der Waals surface area contributed by atoms with Gasteiger partial charge in [-0.1, -0.05) is 42.5 Å². The first kappa shape index (κ1) is 19.5. The van der Waals surface area contributed by atoms with Crippen LogP contribution >= 0.6 is 0 Å². The summed E-state index contributed by atoms with van der Waals surface area (Å²) in [5.41, 5.74) is 6.27. The van der Waals surface area contributed by atoms with Gasteiger partial charge < -0.3 is 9.52 Å². The number of rotatable bonds is 6. The molecule has 1 aliphatic rings. The Bertz CT molecular complexity index is 1240. The van der Waals surface area contributed by atoms with Gasteiger partial charge in [0.2, 0.25) is 0 Å². The Labute approximate surface area is 181 Å². The van der Waals surface area contributed by atoms with E-state index in [0.717, 1.165) is 46.6 Å². The zero-order chi connectivity index (χ0) is 21.4. The van der Waals surface area contributed by atoms with Crippen LogP contribution in [0.2, 0.25) is 0 Å². The fourth-order valence-corrected chi connectivity index (χ4v) is 4.15. The number of benzene rings is 2. The van der Waals surface area contributed by atoms with E-state index in [2.05, 4.69) is 53.4 Å². The predicted octanol–water partition coefficient (Wildman–Crippen LogP) is 4.91. The number of furan rings is 1. The number of hydrogen-bond acceptors (Lipinski definition) is 4. The Morgan fingerprint density at radius 2 is 1.87 bits per heavy atom. The molecule has 4 aromatic rings. The van der Waals surface area contributed by atoms with Crippen molar-refractivity contribution >= 4 is 16.9 Å². The Balaban J connectivity index is 1.33. The molecule has 0 atom stereocenters. The highest BCUT2D eigenvalue weighted by Crippen LogP contribution is 2.29. The lowest BCUT2D eigenvalue weighted by Gasteiger charge is -2.36. The van der Waals surface area contributed by atoms with Crippen molar-refractivity contribution < 1.29 is 14.3 Å². The van der Waals surface area contributed by atoms with E-state index in [1.54, 1.807) is 0 Å². The van der Waals surface area contributed by atoms with Crippen LogP contribution < -0.4 is 0 Å². The van der Waals surface area contributed by atoms with Crippen molar-refractivity contribution in [2.24, 2.45) is 5.92 Å². The van der Waals surface area contributed by atoms with Gasteiger partial charge in [0, 0.05) is 30.7 Å². The van der Waals surface area contributed by atoms with Crippen molar-refractivity contribution in [1.29, 1.82) is 0 Å². The maximum absolute atomic E-state index is 11.0. The molecule has 5 nitrogen and oxygen atoms in total. The second-order valence-electron chi connectivity index (χ2n) is 8.32. The fourth-order valence-electron chi connectivity index (χ4n) is 4.15. The summed E-state index contributed by atoms with van der Waals surface area (Å²) in [6.45, 7) is 3.93. The third kappa shape index (κ3) is 4.09. The van der Waals surface area contributed by atoms with Crippen molar-refractivity contribution in [1.82, 2.24) is 9.88 Å². The zero-order valence-corrected chi connectivity index (χ0v) is 17.4. The van der Waals surface area contributed by atoms with E-state index in [0.29, 0.717) is 13.1 Å². The number of carboxylic acids is 1. The minimum Gasteiger partial charge on any atom is -0.481 e. The second kappa shape index (κ2) is 8.00. The molecule has 3 heterocycles. The first-order valence-electron chi connectivity index (χ1n) is 10.5. The number of nitrogens with zero attached hydrogens (tertiary/aromatic N) is 2. The summed E-state index contributed by atoms with van der Waals surface area (Å²) in [7, 11) is 0. The molecule has 0 radical (unpaired) electrons. The first-order chi connectivity index (χ1) is 15.0. The molecule has 0 amide bonds. The number of carboxylic acid groups (broad SMARTS) is 1. The van der Waals surface area contributed by atoms with Gasteiger partial charge in [0.25, 0.3) is 0 Å². The summed E-state index contributed by atoms with van der Waals surface area (Å²) >= 11 is 0. The maximum atomic E-state index is 11.0. The van der Waals surface area contributed by atoms with Crippen LogP contribution in [-0.4, -0.2) is 34.0 Å². The molecule has 156 valence electrons. The van der Waals surface area contributed by atoms with Crippen LogP contribution in [0.1, 0.15) is 22.4 Å². The van der Waals surface area contributed by atoms with E-state index in [1.165, 1.54) is 11.1 Å².